The van der Waals surface area contributed by atoms with Crippen LogP contribution in [0.5, 0.6) is 5.75 Å². The largest absolute Gasteiger partial charge is 0.488 e. The lowest BCUT2D eigenvalue weighted by atomic mass is 10.1. The molecule has 0 aliphatic carbocycles. The molecule has 1 unspecified atom stereocenters. The van der Waals surface area contributed by atoms with Gasteiger partial charge >= 0.3 is 0 Å². The van der Waals surface area contributed by atoms with E-state index >= 15 is 0 Å². The minimum atomic E-state index is 0.106. The first-order valence-corrected chi connectivity index (χ1v) is 11.1. The second kappa shape index (κ2) is 10.6. The number of aliphatic imine (C=N–C) groups is 1. The van der Waals surface area contributed by atoms with Crippen LogP contribution in [0.15, 0.2) is 29.3 Å². The third kappa shape index (κ3) is 5.95. The Labute approximate surface area is 183 Å². The van der Waals surface area contributed by atoms with Crippen molar-refractivity contribution in [2.24, 2.45) is 12.0 Å². The number of aryl methyl sites for hydroxylation is 1. The quantitative estimate of drug-likeness (QED) is 0.367. The molecule has 168 valence electrons. The Bertz CT molecular complexity index is 851. The number of ether oxygens (including phenoxy) is 2. The summed E-state index contributed by atoms with van der Waals surface area (Å²) >= 11 is 0. The molecule has 0 amide bonds. The van der Waals surface area contributed by atoms with E-state index in [0.717, 1.165) is 75.6 Å². The summed E-state index contributed by atoms with van der Waals surface area (Å²) in [5, 5.41) is 15.3. The van der Waals surface area contributed by atoms with Crippen LogP contribution in [0.3, 0.4) is 0 Å². The highest BCUT2D eigenvalue weighted by Gasteiger charge is 2.22. The number of nitrogens with one attached hydrogen (secondary N) is 2. The first kappa shape index (κ1) is 21.6. The third-order valence-corrected chi connectivity index (χ3v) is 5.82. The van der Waals surface area contributed by atoms with Gasteiger partial charge in [-0.2, -0.15) is 0 Å². The molecule has 1 aromatic heterocycles. The van der Waals surface area contributed by atoms with Crippen molar-refractivity contribution in [2.75, 3.05) is 45.9 Å². The number of benzene rings is 1. The highest BCUT2D eigenvalue weighted by molar-refractivity contribution is 5.79. The van der Waals surface area contributed by atoms with Gasteiger partial charge in [0.2, 0.25) is 0 Å². The van der Waals surface area contributed by atoms with Gasteiger partial charge in [-0.05, 0) is 31.5 Å². The van der Waals surface area contributed by atoms with E-state index in [-0.39, 0.29) is 6.10 Å². The monoisotopic (exact) mass is 427 g/mol. The zero-order valence-corrected chi connectivity index (χ0v) is 18.5. The molecule has 31 heavy (non-hydrogen) atoms. The molecule has 4 rings (SSSR count). The van der Waals surface area contributed by atoms with Gasteiger partial charge in [0.1, 0.15) is 24.2 Å². The predicted octanol–water partition coefficient (Wildman–Crippen LogP) is 0.885. The predicted molar refractivity (Wildman–Crippen MR) is 119 cm³/mol. The molecule has 2 aliphatic rings. The van der Waals surface area contributed by atoms with Crippen LogP contribution in [-0.4, -0.2) is 77.7 Å². The molecule has 2 aromatic rings. The molecule has 2 aliphatic heterocycles. The van der Waals surface area contributed by atoms with Gasteiger partial charge in [-0.25, -0.2) is 4.99 Å². The van der Waals surface area contributed by atoms with Gasteiger partial charge in [-0.3, -0.25) is 4.90 Å². The molecule has 0 spiro atoms. The Morgan fingerprint density at radius 1 is 1.19 bits per heavy atom. The van der Waals surface area contributed by atoms with Crippen LogP contribution < -0.4 is 15.4 Å². The first-order valence-electron chi connectivity index (χ1n) is 11.1. The standard InChI is InChI=1S/C22H33N7O2/c1-17-26-27-21(28(17)2)16-25-22(23-8-5-9-29-10-12-30-13-11-29)24-15-19-14-18-6-3-4-7-20(18)31-19/h3-4,6-7,19H,5,8-16H2,1-2H3,(H2,23,24,25). The summed E-state index contributed by atoms with van der Waals surface area (Å²) < 4.78 is 13.4. The van der Waals surface area contributed by atoms with Gasteiger partial charge in [0, 0.05) is 33.1 Å². The molecule has 0 bridgehead atoms. The van der Waals surface area contributed by atoms with Crippen LogP contribution >= 0.6 is 0 Å². The summed E-state index contributed by atoms with van der Waals surface area (Å²) in [6, 6.07) is 8.24. The van der Waals surface area contributed by atoms with Crippen molar-refractivity contribution in [3.8, 4) is 5.75 Å². The lowest BCUT2D eigenvalue weighted by Gasteiger charge is -2.26. The van der Waals surface area contributed by atoms with Gasteiger partial charge in [0.25, 0.3) is 0 Å². The van der Waals surface area contributed by atoms with Crippen molar-refractivity contribution in [3.05, 3.63) is 41.5 Å². The summed E-state index contributed by atoms with van der Waals surface area (Å²) in [6.07, 6.45) is 2.07. The average Bonchev–Trinajstić information content (AvgIpc) is 3.36. The van der Waals surface area contributed by atoms with E-state index in [9.17, 15) is 0 Å². The summed E-state index contributed by atoms with van der Waals surface area (Å²) in [5.41, 5.74) is 1.26. The molecule has 1 fully saturated rings. The smallest absolute Gasteiger partial charge is 0.191 e. The lowest BCUT2D eigenvalue weighted by Crippen LogP contribution is -2.43. The maximum atomic E-state index is 6.06. The summed E-state index contributed by atoms with van der Waals surface area (Å²) in [4.78, 5) is 7.19. The molecular weight excluding hydrogens is 394 g/mol. The highest BCUT2D eigenvalue weighted by Crippen LogP contribution is 2.27. The topological polar surface area (TPSA) is 88.8 Å². The number of guanidine groups is 1. The fourth-order valence-corrected chi connectivity index (χ4v) is 3.83. The second-order valence-electron chi connectivity index (χ2n) is 8.05. The van der Waals surface area contributed by atoms with Crippen molar-refractivity contribution in [2.45, 2.75) is 32.4 Å². The molecule has 1 atom stereocenters. The highest BCUT2D eigenvalue weighted by atomic mass is 16.5. The van der Waals surface area contributed by atoms with Crippen LogP contribution in [-0.2, 0) is 24.8 Å². The van der Waals surface area contributed by atoms with Gasteiger partial charge in [-0.15, -0.1) is 10.2 Å². The third-order valence-electron chi connectivity index (χ3n) is 5.82. The van der Waals surface area contributed by atoms with Crippen molar-refractivity contribution >= 4 is 5.96 Å². The first-order chi connectivity index (χ1) is 15.2. The SMILES string of the molecule is Cc1nnc(CN=C(NCCCN2CCOCC2)NCC2Cc3ccccc3O2)n1C. The molecule has 9 heteroatoms. The van der Waals surface area contributed by atoms with Crippen molar-refractivity contribution < 1.29 is 9.47 Å². The van der Waals surface area contributed by atoms with E-state index in [4.69, 9.17) is 14.5 Å². The van der Waals surface area contributed by atoms with E-state index in [0.29, 0.717) is 13.1 Å². The van der Waals surface area contributed by atoms with Crippen molar-refractivity contribution in [3.63, 3.8) is 0 Å². The minimum absolute atomic E-state index is 0.106. The molecule has 3 heterocycles. The van der Waals surface area contributed by atoms with E-state index < -0.39 is 0 Å². The molecule has 2 N–H and O–H groups in total. The number of aromatic nitrogens is 3. The number of hydrogen-bond acceptors (Lipinski definition) is 6. The lowest BCUT2D eigenvalue weighted by molar-refractivity contribution is 0.0376. The molecule has 9 nitrogen and oxygen atoms in total. The van der Waals surface area contributed by atoms with E-state index in [2.05, 4.69) is 37.9 Å². The van der Waals surface area contributed by atoms with Crippen LogP contribution in [0.25, 0.3) is 0 Å². The van der Waals surface area contributed by atoms with Crippen LogP contribution in [0.1, 0.15) is 23.6 Å². The van der Waals surface area contributed by atoms with E-state index in [1.54, 1.807) is 0 Å². The Balaban J connectivity index is 1.29. The van der Waals surface area contributed by atoms with Gasteiger partial charge < -0.3 is 24.7 Å². The Morgan fingerprint density at radius 3 is 2.81 bits per heavy atom. The maximum Gasteiger partial charge on any atom is 0.191 e. The van der Waals surface area contributed by atoms with Gasteiger partial charge in [0.15, 0.2) is 11.8 Å². The number of nitrogens with zero attached hydrogens (tertiary/aromatic N) is 5. The average molecular weight is 428 g/mol. The van der Waals surface area contributed by atoms with Crippen LogP contribution in [0.4, 0.5) is 0 Å². The molecule has 1 saturated heterocycles. The number of para-hydroxylation sites is 1. The minimum Gasteiger partial charge on any atom is -0.488 e. The summed E-state index contributed by atoms with van der Waals surface area (Å²) in [5.74, 6) is 3.50. The number of morpholine rings is 1. The molecule has 1 aromatic carbocycles. The number of rotatable bonds is 8. The van der Waals surface area contributed by atoms with E-state index in [1.165, 1.54) is 5.56 Å². The van der Waals surface area contributed by atoms with Gasteiger partial charge in [-0.1, -0.05) is 18.2 Å². The van der Waals surface area contributed by atoms with E-state index in [1.807, 2.05) is 30.7 Å². The van der Waals surface area contributed by atoms with Crippen molar-refractivity contribution in [1.82, 2.24) is 30.3 Å². The number of hydrogen-bond donors (Lipinski definition) is 2. The second-order valence-corrected chi connectivity index (χ2v) is 8.05. The summed E-state index contributed by atoms with van der Waals surface area (Å²) in [6.45, 7) is 8.74. The normalized spacial score (nSPS) is 19.2. The Hall–Kier alpha value is -2.65. The zero-order chi connectivity index (χ0) is 21.5. The zero-order valence-electron chi connectivity index (χ0n) is 18.5. The molecular formula is C22H33N7O2. The Morgan fingerprint density at radius 2 is 2.03 bits per heavy atom. The molecule has 0 radical (unpaired) electrons. The van der Waals surface area contributed by atoms with Crippen LogP contribution in [0, 0.1) is 6.92 Å². The Kier molecular flexibility index (Phi) is 7.37. The van der Waals surface area contributed by atoms with Crippen molar-refractivity contribution in [1.29, 1.82) is 0 Å². The number of fused-ring (bicyclic) bond motifs is 1. The van der Waals surface area contributed by atoms with Gasteiger partial charge in [0.05, 0.1) is 19.8 Å². The fourth-order valence-electron chi connectivity index (χ4n) is 3.83. The fraction of sp³-hybridized carbons (Fsp3) is 0.591. The van der Waals surface area contributed by atoms with Crippen LogP contribution in [0.2, 0.25) is 0 Å². The molecule has 0 saturated carbocycles. The summed E-state index contributed by atoms with van der Waals surface area (Å²) in [7, 11) is 1.96. The maximum absolute atomic E-state index is 6.06.